The molecule has 0 aromatic heterocycles. The molecule has 95 heavy (non-hydrogen) atoms. The van der Waals surface area contributed by atoms with E-state index in [0.717, 1.165) is 54.3 Å². The first kappa shape index (κ1) is 55.7. The second-order valence-electron chi connectivity index (χ2n) is 25.3. The lowest BCUT2D eigenvalue weighted by Gasteiger charge is -2.31. The van der Waals surface area contributed by atoms with E-state index in [1.807, 2.05) is 36.4 Å². The Bertz CT molecular complexity index is 5440. The molecule has 14 aromatic carbocycles. The molecule has 14 aromatic rings. The normalized spacial score (nSPS) is 14.7. The molecule has 8 heteroatoms. The zero-order chi connectivity index (χ0) is 63.6. The summed E-state index contributed by atoms with van der Waals surface area (Å²) in [6, 6.07) is 110. The van der Waals surface area contributed by atoms with E-state index < -0.39 is 46.7 Å². The van der Waals surface area contributed by atoms with Crippen LogP contribution in [0.4, 0.5) is 0 Å². The third-order valence-electron chi connectivity index (χ3n) is 21.1. The summed E-state index contributed by atoms with van der Waals surface area (Å²) >= 11 is 0. The molecule has 0 atom stereocenters. The van der Waals surface area contributed by atoms with Gasteiger partial charge in [0.2, 0.25) is 19.7 Å². The van der Waals surface area contributed by atoms with Crippen LogP contribution in [0.3, 0.4) is 0 Å². The van der Waals surface area contributed by atoms with Crippen LogP contribution in [0.1, 0.15) is 66.8 Å². The minimum Gasteiger partial charge on any atom is -0.249 e. The van der Waals surface area contributed by atoms with Crippen LogP contribution >= 0.6 is 0 Å². The summed E-state index contributed by atoms with van der Waals surface area (Å²) in [6.07, 6.45) is 0. The van der Waals surface area contributed by atoms with Crippen LogP contribution in [0.25, 0.3) is 66.8 Å². The molecule has 6 aliphatic rings. The van der Waals surface area contributed by atoms with Gasteiger partial charge in [0.1, 0.15) is 0 Å². The van der Waals surface area contributed by atoms with Gasteiger partial charge in [0.25, 0.3) is 0 Å². The Morgan fingerprint density at radius 2 is 0.389 bits per heavy atom. The van der Waals surface area contributed by atoms with E-state index in [9.17, 15) is 16.8 Å². The van der Waals surface area contributed by atoms with Gasteiger partial charge in [-0.2, -0.15) is 0 Å². The van der Waals surface area contributed by atoms with Crippen molar-refractivity contribution in [2.24, 2.45) is 0 Å². The number of hydrogen-bond acceptors (Lipinski definition) is 5. The molecule has 3 spiro atoms. The average Bonchev–Trinajstić information content (AvgIpc) is 1.53. The Labute approximate surface area is 554 Å². The summed E-state index contributed by atoms with van der Waals surface area (Å²) in [4.78, 5) is 2.49. The van der Waals surface area contributed by atoms with Crippen molar-refractivity contribution < 1.29 is 21.0 Å². The largest absolute Gasteiger partial charge is 0.249 e. The molecule has 0 radical (unpaired) electrons. The molecular formula is C87H54O5S3. The van der Waals surface area contributed by atoms with Gasteiger partial charge >= 0.3 is 0 Å². The van der Waals surface area contributed by atoms with Gasteiger partial charge < -0.3 is 0 Å². The van der Waals surface area contributed by atoms with E-state index in [-0.39, 0.29) is 19.6 Å². The van der Waals surface area contributed by atoms with Crippen molar-refractivity contribution in [3.05, 3.63) is 394 Å². The predicted molar refractivity (Wildman–Crippen MR) is 377 cm³/mol. The summed E-state index contributed by atoms with van der Waals surface area (Å²) in [7, 11) is -9.05. The number of benzene rings is 14. The Kier molecular flexibility index (Phi) is 11.9. The van der Waals surface area contributed by atoms with Crippen molar-refractivity contribution in [1.29, 1.82) is 0 Å². The maximum atomic E-state index is 15.1. The maximum Gasteiger partial charge on any atom is 0.206 e. The Hall–Kier alpha value is -10.9. The van der Waals surface area contributed by atoms with E-state index in [1.165, 1.54) is 89.0 Å². The van der Waals surface area contributed by atoms with E-state index in [0.29, 0.717) is 0 Å². The van der Waals surface area contributed by atoms with E-state index >= 15 is 4.21 Å². The van der Waals surface area contributed by atoms with Crippen LogP contribution in [0.15, 0.2) is 357 Å². The molecule has 450 valence electrons. The molecule has 0 saturated carbocycles. The van der Waals surface area contributed by atoms with Crippen molar-refractivity contribution >= 4 is 30.5 Å². The SMILES string of the molecule is O=S(=O)(c1ccccc1)c1ccc2c(c1)C1(c3ccccc3-2)c2ccccc2-c2ccc(S(=O)(=O)c3ccccc3)cc21.O=S(c1ccc2c(c1)C1(c3ccccc3-c3ccccc31)c1ccccc1-2)c1ccc2c(c1)C1(c3ccccc3-c3ccccc31)c1ccccc1-2. The lowest BCUT2D eigenvalue weighted by Crippen LogP contribution is -2.26. The lowest BCUT2D eigenvalue weighted by atomic mass is 9.70. The molecule has 6 aliphatic carbocycles. The fraction of sp³-hybridized carbons (Fsp3) is 0.0345. The third-order valence-corrected chi connectivity index (χ3v) is 26.0. The van der Waals surface area contributed by atoms with Crippen LogP contribution < -0.4 is 0 Å². The van der Waals surface area contributed by atoms with Crippen molar-refractivity contribution in [2.75, 3.05) is 0 Å². The van der Waals surface area contributed by atoms with Gasteiger partial charge in [0.05, 0.1) is 46.6 Å². The van der Waals surface area contributed by atoms with Gasteiger partial charge in [-0.15, -0.1) is 0 Å². The molecule has 0 N–H and O–H groups in total. The predicted octanol–water partition coefficient (Wildman–Crippen LogP) is 19.2. The lowest BCUT2D eigenvalue weighted by molar-refractivity contribution is 0.594. The zero-order valence-electron chi connectivity index (χ0n) is 50.9. The molecular weight excluding hydrogens is 1220 g/mol. The van der Waals surface area contributed by atoms with E-state index in [2.05, 4.69) is 206 Å². The Morgan fingerprint density at radius 1 is 0.189 bits per heavy atom. The van der Waals surface area contributed by atoms with Crippen LogP contribution in [-0.2, 0) is 46.7 Å². The highest BCUT2D eigenvalue weighted by molar-refractivity contribution is 7.91. The maximum absolute atomic E-state index is 15.1. The average molecular weight is 1280 g/mol. The Morgan fingerprint density at radius 3 is 0.653 bits per heavy atom. The highest BCUT2D eigenvalue weighted by Crippen LogP contribution is 2.67. The molecule has 0 unspecified atom stereocenters. The minimum atomic E-state index is -3.81. The van der Waals surface area contributed by atoms with Crippen molar-refractivity contribution in [1.82, 2.24) is 0 Å². The summed E-state index contributed by atoms with van der Waals surface area (Å²) in [5.41, 5.74) is 25.8. The van der Waals surface area contributed by atoms with Crippen molar-refractivity contribution in [3.8, 4) is 66.8 Å². The molecule has 20 rings (SSSR count). The topological polar surface area (TPSA) is 85.3 Å². The Balaban J connectivity index is 0.000000137. The highest BCUT2D eigenvalue weighted by atomic mass is 32.2. The molecule has 0 fully saturated rings. The third kappa shape index (κ3) is 7.33. The van der Waals surface area contributed by atoms with Crippen molar-refractivity contribution in [3.63, 3.8) is 0 Å². The van der Waals surface area contributed by atoms with Gasteiger partial charge in [-0.3, -0.25) is 0 Å². The minimum absolute atomic E-state index is 0.198. The molecule has 0 bridgehead atoms. The smallest absolute Gasteiger partial charge is 0.206 e. The fourth-order valence-electron chi connectivity index (χ4n) is 17.4. The quantitative estimate of drug-likeness (QED) is 0.166. The second-order valence-corrected chi connectivity index (χ2v) is 30.7. The highest BCUT2D eigenvalue weighted by Gasteiger charge is 2.55. The molecule has 0 amide bonds. The van der Waals surface area contributed by atoms with Gasteiger partial charge in [0.15, 0.2) is 0 Å². The number of fused-ring (bicyclic) bond motifs is 30. The molecule has 0 heterocycles. The fourth-order valence-corrected chi connectivity index (χ4v) is 21.1. The molecule has 0 saturated heterocycles. The second kappa shape index (κ2) is 20.3. The number of sulfone groups is 2. The van der Waals surface area contributed by atoms with Crippen molar-refractivity contribution in [2.45, 2.75) is 45.6 Å². The standard InChI is InChI=1S/C50H30OS.C37H24O4S2/c51-52(31-25-27-39-37-17-5-11-23-45(37)49(47(39)29-31)41-19-7-1-13-33(41)34-14-2-8-20-42(34)49)32-26-28-40-38-18-6-12-24-46(38)50(48(40)30-32)43-21-9-3-15-35(43)36-16-4-10-22-44(36)50;38-42(39,25-11-3-1-4-12-25)27-19-21-31-29-15-7-9-17-33(29)37(35(31)23-27)34-18-10-8-16-30(34)32-22-20-28(24-36(32)37)43(40,41)26-13-5-2-6-14-26/h1-30H;1-24H. The van der Waals surface area contributed by atoms with Crippen LogP contribution in [0.5, 0.6) is 0 Å². The first-order valence-corrected chi connectivity index (χ1v) is 36.1. The van der Waals surface area contributed by atoms with Crippen LogP contribution in [-0.4, -0.2) is 21.0 Å². The van der Waals surface area contributed by atoms with Crippen LogP contribution in [0, 0.1) is 0 Å². The summed E-state index contributed by atoms with van der Waals surface area (Å²) in [6.45, 7) is 0. The van der Waals surface area contributed by atoms with Crippen LogP contribution in [0.2, 0.25) is 0 Å². The van der Waals surface area contributed by atoms with Gasteiger partial charge in [0, 0.05) is 9.79 Å². The zero-order valence-corrected chi connectivity index (χ0v) is 53.4. The summed E-state index contributed by atoms with van der Waals surface area (Å²) in [5, 5.41) is 0. The monoisotopic (exact) mass is 1270 g/mol. The molecule has 5 nitrogen and oxygen atoms in total. The van der Waals surface area contributed by atoms with Gasteiger partial charge in [-0.05, 0) is 206 Å². The number of hydrogen-bond donors (Lipinski definition) is 0. The van der Waals surface area contributed by atoms with E-state index in [4.69, 9.17) is 0 Å². The first-order valence-electron chi connectivity index (χ1n) is 32.0. The van der Waals surface area contributed by atoms with E-state index in [1.54, 1.807) is 84.9 Å². The number of rotatable bonds is 6. The van der Waals surface area contributed by atoms with Gasteiger partial charge in [-0.25, -0.2) is 21.0 Å². The van der Waals surface area contributed by atoms with Gasteiger partial charge in [-0.1, -0.05) is 255 Å². The first-order chi connectivity index (χ1) is 46.6. The summed E-state index contributed by atoms with van der Waals surface area (Å²) < 4.78 is 70.5. The molecule has 0 aliphatic heterocycles. The summed E-state index contributed by atoms with van der Waals surface area (Å²) in [5.74, 6) is 0.